The van der Waals surface area contributed by atoms with Crippen molar-refractivity contribution in [3.63, 3.8) is 0 Å². The minimum absolute atomic E-state index is 0.0779. The van der Waals surface area contributed by atoms with Gasteiger partial charge in [0.2, 0.25) is 0 Å². The summed E-state index contributed by atoms with van der Waals surface area (Å²) in [6.07, 6.45) is 1.42. The highest BCUT2D eigenvalue weighted by molar-refractivity contribution is 5.69. The van der Waals surface area contributed by atoms with E-state index in [9.17, 15) is 4.79 Å². The summed E-state index contributed by atoms with van der Waals surface area (Å²) in [6, 6.07) is 0. The van der Waals surface area contributed by atoms with Crippen LogP contribution in [0, 0.1) is 0 Å². The second-order valence-electron chi connectivity index (χ2n) is 7.69. The van der Waals surface area contributed by atoms with E-state index >= 15 is 0 Å². The van der Waals surface area contributed by atoms with E-state index in [0.29, 0.717) is 6.42 Å². The predicted molar refractivity (Wildman–Crippen MR) is 82.8 cm³/mol. The summed E-state index contributed by atoms with van der Waals surface area (Å²) in [5.74, 6) is -0.0779. The van der Waals surface area contributed by atoms with Gasteiger partial charge in [-0.25, -0.2) is 0 Å². The van der Waals surface area contributed by atoms with Gasteiger partial charge in [0.05, 0.1) is 0 Å². The fourth-order valence-electron chi connectivity index (χ4n) is 2.48. The summed E-state index contributed by atoms with van der Waals surface area (Å²) in [6.45, 7) is 18.0. The van der Waals surface area contributed by atoms with Crippen molar-refractivity contribution in [2.45, 2.75) is 65.5 Å². The third-order valence-corrected chi connectivity index (χ3v) is 3.60. The number of esters is 1. The van der Waals surface area contributed by atoms with Crippen molar-refractivity contribution in [1.29, 1.82) is 0 Å². The minimum Gasteiger partial charge on any atom is -0.460 e. The van der Waals surface area contributed by atoms with Crippen LogP contribution in [0.3, 0.4) is 0 Å². The third kappa shape index (κ3) is 6.71. The number of piperazine rings is 1. The summed E-state index contributed by atoms with van der Waals surface area (Å²) in [4.78, 5) is 16.6. The molecule has 0 aromatic rings. The first-order valence-electron chi connectivity index (χ1n) is 7.77. The summed E-state index contributed by atoms with van der Waals surface area (Å²) in [5, 5.41) is 0. The van der Waals surface area contributed by atoms with Crippen molar-refractivity contribution >= 4 is 5.97 Å². The zero-order valence-electron chi connectivity index (χ0n) is 14.2. The lowest BCUT2D eigenvalue weighted by atomic mass is 10.0. The lowest BCUT2D eigenvalue weighted by molar-refractivity contribution is -0.155. The molecule has 0 bridgehead atoms. The summed E-state index contributed by atoms with van der Waals surface area (Å²) < 4.78 is 5.32. The van der Waals surface area contributed by atoms with E-state index in [2.05, 4.69) is 30.6 Å². The molecule has 0 amide bonds. The highest BCUT2D eigenvalue weighted by Crippen LogP contribution is 2.16. The fraction of sp³-hybridized carbons (Fsp3) is 0.938. The Morgan fingerprint density at radius 3 is 2.00 bits per heavy atom. The third-order valence-electron chi connectivity index (χ3n) is 3.60. The maximum absolute atomic E-state index is 11.6. The first-order valence-corrected chi connectivity index (χ1v) is 7.77. The van der Waals surface area contributed by atoms with Gasteiger partial charge in [0.1, 0.15) is 5.60 Å². The van der Waals surface area contributed by atoms with Crippen molar-refractivity contribution in [2.75, 3.05) is 32.7 Å². The molecule has 0 aromatic heterocycles. The molecule has 20 heavy (non-hydrogen) atoms. The number of carbonyl (C=O) groups excluding carboxylic acids is 1. The molecule has 4 heteroatoms. The van der Waals surface area contributed by atoms with Gasteiger partial charge >= 0.3 is 5.97 Å². The number of ether oxygens (including phenoxy) is 1. The molecule has 1 heterocycles. The maximum Gasteiger partial charge on any atom is 0.306 e. The largest absolute Gasteiger partial charge is 0.460 e. The van der Waals surface area contributed by atoms with Crippen molar-refractivity contribution in [3.8, 4) is 0 Å². The molecule has 0 spiro atoms. The summed E-state index contributed by atoms with van der Waals surface area (Å²) in [7, 11) is 0. The molecule has 1 aliphatic heterocycles. The van der Waals surface area contributed by atoms with Crippen molar-refractivity contribution in [2.24, 2.45) is 0 Å². The number of nitrogens with zero attached hydrogens (tertiary/aromatic N) is 2. The van der Waals surface area contributed by atoms with E-state index < -0.39 is 0 Å². The Hall–Kier alpha value is -0.610. The Bertz CT molecular complexity index is 307. The van der Waals surface area contributed by atoms with Gasteiger partial charge in [-0.05, 0) is 54.5 Å². The Kier molecular flexibility index (Phi) is 6.02. The van der Waals surface area contributed by atoms with Crippen molar-refractivity contribution in [3.05, 3.63) is 0 Å². The first-order chi connectivity index (χ1) is 9.08. The van der Waals surface area contributed by atoms with Crippen LogP contribution in [0.15, 0.2) is 0 Å². The molecule has 0 saturated carbocycles. The monoisotopic (exact) mass is 284 g/mol. The molecule has 0 aromatic carbocycles. The maximum atomic E-state index is 11.6. The molecule has 1 rings (SSSR count). The molecule has 4 nitrogen and oxygen atoms in total. The van der Waals surface area contributed by atoms with Gasteiger partial charge in [0.25, 0.3) is 0 Å². The zero-order chi connectivity index (χ0) is 15.4. The lowest BCUT2D eigenvalue weighted by Gasteiger charge is -2.42. The number of hydrogen-bond donors (Lipinski definition) is 0. The molecule has 0 radical (unpaired) electrons. The topological polar surface area (TPSA) is 32.8 Å². The zero-order valence-corrected chi connectivity index (χ0v) is 14.2. The van der Waals surface area contributed by atoms with Crippen LogP contribution in [0.2, 0.25) is 0 Å². The minimum atomic E-state index is -0.366. The number of hydrogen-bond acceptors (Lipinski definition) is 4. The van der Waals surface area contributed by atoms with Crippen LogP contribution < -0.4 is 0 Å². The first kappa shape index (κ1) is 17.4. The van der Waals surface area contributed by atoms with Crippen LogP contribution in [0.1, 0.15) is 54.4 Å². The van der Waals surface area contributed by atoms with Crippen LogP contribution in [-0.2, 0) is 9.53 Å². The molecule has 0 atom stereocenters. The van der Waals surface area contributed by atoms with Crippen LogP contribution in [0.5, 0.6) is 0 Å². The highest BCUT2D eigenvalue weighted by atomic mass is 16.6. The van der Waals surface area contributed by atoms with Crippen LogP contribution in [-0.4, -0.2) is 59.6 Å². The standard InChI is InChI=1S/C16H32N2O2/c1-15(2,3)18-12-10-17(11-13-18)9-7-8-14(19)20-16(4,5)6/h7-13H2,1-6H3. The molecule has 0 unspecified atom stereocenters. The Morgan fingerprint density at radius 1 is 1.00 bits per heavy atom. The normalized spacial score (nSPS) is 19.1. The number of carbonyl (C=O) groups is 1. The molecule has 0 N–H and O–H groups in total. The fourth-order valence-corrected chi connectivity index (χ4v) is 2.48. The molecular formula is C16H32N2O2. The lowest BCUT2D eigenvalue weighted by Crippen LogP contribution is -2.53. The molecule has 1 fully saturated rings. The molecule has 1 saturated heterocycles. The van der Waals surface area contributed by atoms with Crippen LogP contribution in [0.25, 0.3) is 0 Å². The smallest absolute Gasteiger partial charge is 0.306 e. The highest BCUT2D eigenvalue weighted by Gasteiger charge is 2.25. The summed E-state index contributed by atoms with van der Waals surface area (Å²) >= 11 is 0. The van der Waals surface area contributed by atoms with Gasteiger partial charge in [-0.2, -0.15) is 0 Å². The van der Waals surface area contributed by atoms with E-state index in [1.54, 1.807) is 0 Å². The molecule has 0 aliphatic carbocycles. The van der Waals surface area contributed by atoms with Crippen LogP contribution >= 0.6 is 0 Å². The Labute approximate surface area is 124 Å². The van der Waals surface area contributed by atoms with Gasteiger partial charge < -0.3 is 9.64 Å². The van der Waals surface area contributed by atoms with Crippen molar-refractivity contribution in [1.82, 2.24) is 9.80 Å². The van der Waals surface area contributed by atoms with Gasteiger partial charge in [-0.1, -0.05) is 0 Å². The Morgan fingerprint density at radius 2 is 1.55 bits per heavy atom. The van der Waals surface area contributed by atoms with E-state index in [-0.39, 0.29) is 17.1 Å². The average Bonchev–Trinajstić information content (AvgIpc) is 2.26. The van der Waals surface area contributed by atoms with Gasteiger partial charge in [0.15, 0.2) is 0 Å². The second kappa shape index (κ2) is 6.90. The number of rotatable bonds is 4. The van der Waals surface area contributed by atoms with Gasteiger partial charge in [0, 0.05) is 38.1 Å². The predicted octanol–water partition coefficient (Wildman–Crippen LogP) is 2.52. The molecular weight excluding hydrogens is 252 g/mol. The van der Waals surface area contributed by atoms with E-state index in [4.69, 9.17) is 4.74 Å². The van der Waals surface area contributed by atoms with Gasteiger partial charge in [-0.15, -0.1) is 0 Å². The average molecular weight is 284 g/mol. The van der Waals surface area contributed by atoms with E-state index in [1.807, 2.05) is 20.8 Å². The Balaban J connectivity index is 2.18. The quantitative estimate of drug-likeness (QED) is 0.743. The summed E-state index contributed by atoms with van der Waals surface area (Å²) in [5.41, 5.74) is -0.0992. The SMILES string of the molecule is CC(C)(C)OC(=O)CCCN1CCN(C(C)(C)C)CC1. The van der Waals surface area contributed by atoms with Gasteiger partial charge in [-0.3, -0.25) is 9.69 Å². The van der Waals surface area contributed by atoms with Crippen LogP contribution in [0.4, 0.5) is 0 Å². The molecule has 118 valence electrons. The van der Waals surface area contributed by atoms with E-state index in [1.165, 1.54) is 0 Å². The second-order valence-corrected chi connectivity index (χ2v) is 7.69. The van der Waals surface area contributed by atoms with Crippen molar-refractivity contribution < 1.29 is 9.53 Å². The molecule has 1 aliphatic rings. The van der Waals surface area contributed by atoms with E-state index in [0.717, 1.165) is 39.1 Å².